The summed E-state index contributed by atoms with van der Waals surface area (Å²) in [7, 11) is 0. The highest BCUT2D eigenvalue weighted by molar-refractivity contribution is 5.86. The van der Waals surface area contributed by atoms with Crippen LogP contribution in [-0.2, 0) is 6.54 Å². The third-order valence-corrected chi connectivity index (χ3v) is 4.75. The molecule has 1 aromatic rings. The predicted molar refractivity (Wildman–Crippen MR) is 97.8 cm³/mol. The van der Waals surface area contributed by atoms with E-state index in [1.165, 1.54) is 4.57 Å². The Bertz CT molecular complexity index is 1070. The number of aliphatic hydroxyl groups excluding tert-OH is 4. The molecule has 0 aliphatic carbocycles. The van der Waals surface area contributed by atoms with Crippen molar-refractivity contribution in [3.8, 4) is 11.4 Å². The molecule has 2 aliphatic rings. The highest BCUT2D eigenvalue weighted by Crippen LogP contribution is 2.27. The molecular formula is C18H21N3O6. The number of rotatable bonds is 5. The van der Waals surface area contributed by atoms with Crippen molar-refractivity contribution < 1.29 is 20.4 Å². The average Bonchev–Trinajstić information content (AvgIpc) is 2.62. The van der Waals surface area contributed by atoms with Gasteiger partial charge in [0.05, 0.1) is 24.2 Å². The molecule has 1 aromatic carbocycles. The number of hydrogen-bond donors (Lipinski definition) is 5. The van der Waals surface area contributed by atoms with E-state index in [1.807, 2.05) is 26.0 Å². The minimum atomic E-state index is -1.62. The number of nitrogens with one attached hydrogen (secondary N) is 1. The molecule has 0 amide bonds. The van der Waals surface area contributed by atoms with Crippen LogP contribution in [-0.4, -0.2) is 59.9 Å². The van der Waals surface area contributed by atoms with Crippen molar-refractivity contribution in [2.24, 2.45) is 0 Å². The van der Waals surface area contributed by atoms with Crippen LogP contribution in [0.5, 0.6) is 0 Å². The summed E-state index contributed by atoms with van der Waals surface area (Å²) in [6.07, 6.45) is -4.62. The zero-order valence-electron chi connectivity index (χ0n) is 14.9. The van der Waals surface area contributed by atoms with Crippen LogP contribution in [0.1, 0.15) is 11.1 Å². The van der Waals surface area contributed by atoms with Crippen LogP contribution in [0.15, 0.2) is 27.8 Å². The van der Waals surface area contributed by atoms with Crippen LogP contribution in [0, 0.1) is 13.8 Å². The van der Waals surface area contributed by atoms with Crippen molar-refractivity contribution in [1.29, 1.82) is 0 Å². The first kappa shape index (κ1) is 19.2. The number of aryl methyl sites for hydroxylation is 2. The van der Waals surface area contributed by atoms with Crippen molar-refractivity contribution in [3.05, 3.63) is 50.2 Å². The summed E-state index contributed by atoms with van der Waals surface area (Å²) in [5.41, 5.74) is 1.28. The first-order chi connectivity index (χ1) is 12.7. The van der Waals surface area contributed by atoms with E-state index in [1.54, 1.807) is 6.07 Å². The summed E-state index contributed by atoms with van der Waals surface area (Å²) in [6, 6.07) is 5.32. The maximum atomic E-state index is 12.2. The molecular weight excluding hydrogens is 354 g/mol. The van der Waals surface area contributed by atoms with Gasteiger partial charge in [-0.05, 0) is 48.6 Å². The summed E-state index contributed by atoms with van der Waals surface area (Å²) < 4.78 is 1.46. The van der Waals surface area contributed by atoms with Gasteiger partial charge in [-0.15, -0.1) is 0 Å². The van der Waals surface area contributed by atoms with Crippen LogP contribution < -0.4 is 11.2 Å². The summed E-state index contributed by atoms with van der Waals surface area (Å²) >= 11 is 0. The molecule has 2 aliphatic heterocycles. The summed E-state index contributed by atoms with van der Waals surface area (Å²) in [4.78, 5) is 29.9. The number of aromatic amines is 1. The molecule has 0 radical (unpaired) electrons. The van der Waals surface area contributed by atoms with Crippen molar-refractivity contribution in [1.82, 2.24) is 14.5 Å². The van der Waals surface area contributed by atoms with Crippen LogP contribution in [0.4, 0.5) is 0 Å². The zero-order chi connectivity index (χ0) is 19.9. The number of nitrogens with zero attached hydrogens (tertiary/aromatic N) is 2. The Morgan fingerprint density at radius 3 is 2.41 bits per heavy atom. The molecule has 0 bridgehead atoms. The summed E-state index contributed by atoms with van der Waals surface area (Å²) in [6.45, 7) is 2.85. The number of H-pyrrole nitrogens is 1. The monoisotopic (exact) mass is 375 g/mol. The standard InChI is InChI=1S/C18H21N3O6/c1-8-3-10-5-11-16(19-18(27)20-17(11)26)21(12(10)4-9(8)2)6-13(23)15(25)14(24)7-22/h3-5,13-15,22-25H,6-7H2,1-2H3,(H,20,26,27)/t13-,14+,15-/m0/s1. The Morgan fingerprint density at radius 1 is 1.07 bits per heavy atom. The van der Waals surface area contributed by atoms with Gasteiger partial charge in [-0.1, -0.05) is 0 Å². The maximum Gasteiger partial charge on any atom is 0.349 e. The third-order valence-electron chi connectivity index (χ3n) is 4.75. The van der Waals surface area contributed by atoms with Gasteiger partial charge < -0.3 is 25.0 Å². The second kappa shape index (κ2) is 7.20. The largest absolute Gasteiger partial charge is 0.394 e. The smallest absolute Gasteiger partial charge is 0.349 e. The normalized spacial score (nSPS) is 15.2. The minimum Gasteiger partial charge on any atom is -0.394 e. The molecule has 3 atom stereocenters. The molecule has 2 heterocycles. The Balaban J connectivity index is 2.28. The van der Waals surface area contributed by atoms with Crippen LogP contribution >= 0.6 is 0 Å². The van der Waals surface area contributed by atoms with Gasteiger partial charge in [-0.2, -0.15) is 4.98 Å². The Labute approximate surface area is 153 Å². The van der Waals surface area contributed by atoms with Crippen molar-refractivity contribution in [3.63, 3.8) is 0 Å². The van der Waals surface area contributed by atoms with E-state index in [4.69, 9.17) is 5.11 Å². The van der Waals surface area contributed by atoms with Gasteiger partial charge in [0.25, 0.3) is 5.56 Å². The quantitative estimate of drug-likeness (QED) is 0.355. The second-order valence-electron chi connectivity index (χ2n) is 6.67. The minimum absolute atomic E-state index is 0.0595. The lowest BCUT2D eigenvalue weighted by Crippen LogP contribution is -2.42. The van der Waals surface area contributed by atoms with Crippen molar-refractivity contribution >= 4 is 10.9 Å². The van der Waals surface area contributed by atoms with Gasteiger partial charge in [0.1, 0.15) is 18.3 Å². The molecule has 5 N–H and O–H groups in total. The first-order valence-corrected chi connectivity index (χ1v) is 8.42. The Hall–Kier alpha value is -2.59. The SMILES string of the molecule is Cc1cc2cc3c(=O)[nH]c(=O)nc-3n(C[C@H](O)[C@H](O)[C@H](O)CO)c2cc1C. The number of aliphatic hydroxyl groups is 4. The molecule has 0 spiro atoms. The van der Waals surface area contributed by atoms with E-state index in [9.17, 15) is 24.9 Å². The fourth-order valence-electron chi connectivity index (χ4n) is 3.07. The van der Waals surface area contributed by atoms with Gasteiger partial charge in [-0.25, -0.2) is 4.79 Å². The number of hydrogen-bond acceptors (Lipinski definition) is 7. The molecule has 0 saturated carbocycles. The summed E-state index contributed by atoms with van der Waals surface area (Å²) in [5.74, 6) is 0.0595. The van der Waals surface area contributed by atoms with Gasteiger partial charge in [0.2, 0.25) is 0 Å². The van der Waals surface area contributed by atoms with E-state index in [0.717, 1.165) is 11.1 Å². The van der Waals surface area contributed by atoms with Gasteiger partial charge in [0, 0.05) is 0 Å². The topological polar surface area (TPSA) is 149 Å². The highest BCUT2D eigenvalue weighted by Gasteiger charge is 2.27. The molecule has 3 rings (SSSR count). The number of pyridine rings is 1. The lowest BCUT2D eigenvalue weighted by Gasteiger charge is -2.25. The molecule has 0 unspecified atom stereocenters. The lowest BCUT2D eigenvalue weighted by molar-refractivity contribution is -0.0802. The number of fused-ring (bicyclic) bond motifs is 2. The first-order valence-electron chi connectivity index (χ1n) is 8.42. The highest BCUT2D eigenvalue weighted by atomic mass is 16.4. The van der Waals surface area contributed by atoms with E-state index in [-0.39, 0.29) is 17.9 Å². The Morgan fingerprint density at radius 2 is 1.74 bits per heavy atom. The Kier molecular flexibility index (Phi) is 5.11. The molecule has 144 valence electrons. The fourth-order valence-corrected chi connectivity index (χ4v) is 3.07. The molecule has 0 saturated heterocycles. The van der Waals surface area contributed by atoms with Crippen molar-refractivity contribution in [2.45, 2.75) is 38.7 Å². The van der Waals surface area contributed by atoms with E-state index in [0.29, 0.717) is 10.9 Å². The average molecular weight is 375 g/mol. The van der Waals surface area contributed by atoms with E-state index >= 15 is 0 Å². The van der Waals surface area contributed by atoms with Gasteiger partial charge in [0.15, 0.2) is 5.82 Å². The third kappa shape index (κ3) is 3.50. The fraction of sp³-hybridized carbons (Fsp3) is 0.389. The van der Waals surface area contributed by atoms with Crippen LogP contribution in [0.25, 0.3) is 22.3 Å². The summed E-state index contributed by atoms with van der Waals surface area (Å²) in [5, 5.41) is 39.5. The van der Waals surface area contributed by atoms with Crippen molar-refractivity contribution in [2.75, 3.05) is 6.61 Å². The molecule has 27 heavy (non-hydrogen) atoms. The van der Waals surface area contributed by atoms with E-state index in [2.05, 4.69) is 9.97 Å². The molecule has 9 nitrogen and oxygen atoms in total. The predicted octanol–water partition coefficient (Wildman–Crippen LogP) is -1.12. The van der Waals surface area contributed by atoms with E-state index < -0.39 is 36.2 Å². The molecule has 9 heteroatoms. The second-order valence-corrected chi connectivity index (χ2v) is 6.67. The molecule has 0 aromatic heterocycles. The van der Waals surface area contributed by atoms with Gasteiger partial charge in [-0.3, -0.25) is 9.78 Å². The lowest BCUT2D eigenvalue weighted by atomic mass is 10.0. The number of aromatic nitrogens is 3. The zero-order valence-corrected chi connectivity index (χ0v) is 14.9. The van der Waals surface area contributed by atoms with Gasteiger partial charge >= 0.3 is 5.69 Å². The van der Waals surface area contributed by atoms with Crippen LogP contribution in [0.3, 0.4) is 0 Å². The number of benzene rings is 1. The maximum absolute atomic E-state index is 12.2. The molecule has 0 fully saturated rings. The van der Waals surface area contributed by atoms with Crippen LogP contribution in [0.2, 0.25) is 0 Å².